The molecule has 0 aliphatic carbocycles. The molecule has 0 atom stereocenters. The largest absolute Gasteiger partial charge is 0.291 e. The zero-order valence-electron chi connectivity index (χ0n) is 14.9. The van der Waals surface area contributed by atoms with E-state index in [9.17, 15) is 4.79 Å². The minimum atomic E-state index is -0.355. The van der Waals surface area contributed by atoms with Crippen molar-refractivity contribution in [2.45, 2.75) is 6.54 Å². The molecule has 28 heavy (non-hydrogen) atoms. The summed E-state index contributed by atoms with van der Waals surface area (Å²) in [4.78, 5) is 12.3. The van der Waals surface area contributed by atoms with Crippen molar-refractivity contribution in [2.24, 2.45) is 5.10 Å². The fraction of sp³-hybridized carbons (Fsp3) is 0.0455. The number of hydrazone groups is 1. The molecular weight excluding hydrogens is 372 g/mol. The Morgan fingerprint density at radius 2 is 1.82 bits per heavy atom. The Balaban J connectivity index is 1.42. The van der Waals surface area contributed by atoms with E-state index in [-0.39, 0.29) is 5.91 Å². The van der Waals surface area contributed by atoms with Gasteiger partial charge in [0.25, 0.3) is 5.91 Å². The standard InChI is InChI=1S/C22H17ClN4O/c23-19-10-8-16(9-11-19)15-27-13-12-21(26-27)22(28)25-24-14-18-6-3-5-17-4-1-2-7-20(17)18/h1-14H,15H2,(H,25,28). The Bertz CT molecular complexity index is 1140. The number of carbonyl (C=O) groups is 1. The van der Waals surface area contributed by atoms with Crippen molar-refractivity contribution in [2.75, 3.05) is 0 Å². The summed E-state index contributed by atoms with van der Waals surface area (Å²) in [5.74, 6) is -0.355. The molecule has 4 aromatic rings. The molecule has 6 heteroatoms. The lowest BCUT2D eigenvalue weighted by atomic mass is 10.1. The highest BCUT2D eigenvalue weighted by atomic mass is 35.5. The van der Waals surface area contributed by atoms with E-state index < -0.39 is 0 Å². The highest BCUT2D eigenvalue weighted by Crippen LogP contribution is 2.16. The molecule has 0 bridgehead atoms. The second-order valence-corrected chi connectivity index (χ2v) is 6.73. The molecule has 0 unspecified atom stereocenters. The van der Waals surface area contributed by atoms with E-state index in [0.29, 0.717) is 17.3 Å². The summed E-state index contributed by atoms with van der Waals surface area (Å²) in [6.45, 7) is 0.559. The second-order valence-electron chi connectivity index (χ2n) is 6.29. The average molecular weight is 389 g/mol. The van der Waals surface area contributed by atoms with Crippen LogP contribution in [0.5, 0.6) is 0 Å². The van der Waals surface area contributed by atoms with E-state index in [1.165, 1.54) is 0 Å². The minimum Gasteiger partial charge on any atom is -0.268 e. The smallest absolute Gasteiger partial charge is 0.268 e. The molecule has 1 heterocycles. The van der Waals surface area contributed by atoms with Crippen LogP contribution in [0.2, 0.25) is 5.02 Å². The molecule has 0 spiro atoms. The number of nitrogens with zero attached hydrogens (tertiary/aromatic N) is 3. The summed E-state index contributed by atoms with van der Waals surface area (Å²) in [5.41, 5.74) is 4.83. The van der Waals surface area contributed by atoms with Crippen LogP contribution < -0.4 is 5.43 Å². The Morgan fingerprint density at radius 3 is 2.68 bits per heavy atom. The van der Waals surface area contributed by atoms with Crippen LogP contribution in [-0.2, 0) is 6.54 Å². The van der Waals surface area contributed by atoms with Crippen LogP contribution in [0.4, 0.5) is 0 Å². The van der Waals surface area contributed by atoms with E-state index in [1.807, 2.05) is 66.7 Å². The summed E-state index contributed by atoms with van der Waals surface area (Å²) in [6.07, 6.45) is 3.41. The lowest BCUT2D eigenvalue weighted by Gasteiger charge is -2.02. The highest BCUT2D eigenvalue weighted by molar-refractivity contribution is 6.30. The van der Waals surface area contributed by atoms with Gasteiger partial charge in [-0.1, -0.05) is 66.2 Å². The van der Waals surface area contributed by atoms with Crippen LogP contribution in [0.15, 0.2) is 84.1 Å². The van der Waals surface area contributed by atoms with Crippen LogP contribution in [0.25, 0.3) is 10.8 Å². The monoisotopic (exact) mass is 388 g/mol. The van der Waals surface area contributed by atoms with Gasteiger partial charge in [-0.2, -0.15) is 10.2 Å². The fourth-order valence-corrected chi connectivity index (χ4v) is 3.05. The summed E-state index contributed by atoms with van der Waals surface area (Å²) < 4.78 is 1.70. The molecule has 0 aliphatic rings. The van der Waals surface area contributed by atoms with Crippen molar-refractivity contribution in [3.8, 4) is 0 Å². The van der Waals surface area contributed by atoms with E-state index in [0.717, 1.165) is 21.9 Å². The van der Waals surface area contributed by atoms with E-state index in [2.05, 4.69) is 15.6 Å². The molecule has 3 aromatic carbocycles. The van der Waals surface area contributed by atoms with Gasteiger partial charge < -0.3 is 0 Å². The quantitative estimate of drug-likeness (QED) is 0.404. The van der Waals surface area contributed by atoms with Crippen LogP contribution in [0, 0.1) is 0 Å². The Labute approximate surface area is 167 Å². The van der Waals surface area contributed by atoms with Crippen molar-refractivity contribution >= 4 is 34.5 Å². The first-order valence-electron chi connectivity index (χ1n) is 8.78. The van der Waals surface area contributed by atoms with Crippen molar-refractivity contribution in [1.82, 2.24) is 15.2 Å². The lowest BCUT2D eigenvalue weighted by Crippen LogP contribution is -2.18. The maximum Gasteiger partial charge on any atom is 0.291 e. The van der Waals surface area contributed by atoms with Crippen LogP contribution >= 0.6 is 11.6 Å². The zero-order chi connectivity index (χ0) is 19.3. The molecule has 4 rings (SSSR count). The molecule has 0 saturated carbocycles. The summed E-state index contributed by atoms with van der Waals surface area (Å²) >= 11 is 5.90. The number of nitrogens with one attached hydrogen (secondary N) is 1. The third-order valence-electron chi connectivity index (χ3n) is 4.32. The van der Waals surface area contributed by atoms with Gasteiger partial charge in [-0.15, -0.1) is 0 Å². The van der Waals surface area contributed by atoms with E-state index >= 15 is 0 Å². The van der Waals surface area contributed by atoms with Crippen molar-refractivity contribution in [1.29, 1.82) is 0 Å². The van der Waals surface area contributed by atoms with Gasteiger partial charge >= 0.3 is 0 Å². The first kappa shape index (κ1) is 17.9. The maximum absolute atomic E-state index is 12.3. The Morgan fingerprint density at radius 1 is 1.04 bits per heavy atom. The molecule has 0 aliphatic heterocycles. The second kappa shape index (κ2) is 8.06. The Kier molecular flexibility index (Phi) is 5.17. The lowest BCUT2D eigenvalue weighted by molar-refractivity contribution is 0.0949. The number of hydrogen-bond donors (Lipinski definition) is 1. The molecular formula is C22H17ClN4O. The summed E-state index contributed by atoms with van der Waals surface area (Å²) in [7, 11) is 0. The number of aromatic nitrogens is 2. The normalized spacial score (nSPS) is 11.2. The van der Waals surface area contributed by atoms with Crippen LogP contribution in [0.1, 0.15) is 21.6 Å². The SMILES string of the molecule is O=C(NN=Cc1cccc2ccccc12)c1ccn(Cc2ccc(Cl)cc2)n1. The molecule has 5 nitrogen and oxygen atoms in total. The molecule has 1 aromatic heterocycles. The van der Waals surface area contributed by atoms with Gasteiger partial charge in [0.15, 0.2) is 5.69 Å². The number of fused-ring (bicyclic) bond motifs is 1. The maximum atomic E-state index is 12.3. The number of rotatable bonds is 5. The van der Waals surface area contributed by atoms with Gasteiger partial charge in [-0.3, -0.25) is 9.48 Å². The fourth-order valence-electron chi connectivity index (χ4n) is 2.93. The third-order valence-corrected chi connectivity index (χ3v) is 4.58. The van der Waals surface area contributed by atoms with Gasteiger partial charge in [-0.05, 0) is 34.5 Å². The number of hydrogen-bond acceptors (Lipinski definition) is 3. The molecule has 138 valence electrons. The topological polar surface area (TPSA) is 59.3 Å². The van der Waals surface area contributed by atoms with Crippen molar-refractivity contribution in [3.63, 3.8) is 0 Å². The predicted octanol–water partition coefficient (Wildman–Crippen LogP) is 4.50. The molecule has 0 fully saturated rings. The first-order chi connectivity index (χ1) is 13.7. The molecule has 0 radical (unpaired) electrons. The summed E-state index contributed by atoms with van der Waals surface area (Å²) in [6, 6.07) is 23.2. The molecule has 1 amide bonds. The van der Waals surface area contributed by atoms with Gasteiger partial charge in [0.2, 0.25) is 0 Å². The third kappa shape index (κ3) is 4.10. The average Bonchev–Trinajstić information content (AvgIpc) is 3.18. The number of halogens is 1. The van der Waals surface area contributed by atoms with Crippen LogP contribution in [0.3, 0.4) is 0 Å². The number of carbonyl (C=O) groups excluding carboxylic acids is 1. The molecule has 1 N–H and O–H groups in total. The number of amides is 1. The zero-order valence-corrected chi connectivity index (χ0v) is 15.7. The van der Waals surface area contributed by atoms with Crippen LogP contribution in [-0.4, -0.2) is 21.9 Å². The van der Waals surface area contributed by atoms with Gasteiger partial charge in [0, 0.05) is 16.8 Å². The van der Waals surface area contributed by atoms with Gasteiger partial charge in [0.1, 0.15) is 0 Å². The van der Waals surface area contributed by atoms with Gasteiger partial charge in [-0.25, -0.2) is 5.43 Å². The summed E-state index contributed by atoms with van der Waals surface area (Å²) in [5, 5.41) is 11.3. The first-order valence-corrected chi connectivity index (χ1v) is 9.16. The Hall–Kier alpha value is -3.44. The molecule has 0 saturated heterocycles. The van der Waals surface area contributed by atoms with Gasteiger partial charge in [0.05, 0.1) is 12.8 Å². The van der Waals surface area contributed by atoms with E-state index in [4.69, 9.17) is 11.6 Å². The minimum absolute atomic E-state index is 0.309. The highest BCUT2D eigenvalue weighted by Gasteiger charge is 2.09. The van der Waals surface area contributed by atoms with Crippen molar-refractivity contribution in [3.05, 3.63) is 101 Å². The number of benzene rings is 3. The van der Waals surface area contributed by atoms with Crippen molar-refractivity contribution < 1.29 is 4.79 Å². The predicted molar refractivity (Wildman–Crippen MR) is 112 cm³/mol. The van der Waals surface area contributed by atoms with E-state index in [1.54, 1.807) is 23.2 Å².